The molecular weight excluding hydrogens is 348 g/mol. The maximum Gasteiger partial charge on any atom is 0.345 e. The number of carboxylic acid groups (broad SMARTS) is 1. The van der Waals surface area contributed by atoms with Gasteiger partial charge in [-0.2, -0.15) is 0 Å². The summed E-state index contributed by atoms with van der Waals surface area (Å²) < 4.78 is 6.31. The lowest BCUT2D eigenvalue weighted by atomic mass is 10.2. The zero-order valence-electron chi connectivity index (χ0n) is 10.1. The van der Waals surface area contributed by atoms with Gasteiger partial charge >= 0.3 is 5.97 Å². The molecule has 0 aliphatic rings. The number of rotatable bonds is 5. The second kappa shape index (κ2) is 6.45. The van der Waals surface area contributed by atoms with E-state index in [0.717, 1.165) is 26.4 Å². The van der Waals surface area contributed by atoms with Crippen LogP contribution in [0.15, 0.2) is 39.0 Å². The van der Waals surface area contributed by atoms with E-state index in [0.29, 0.717) is 4.88 Å². The molecule has 3 nitrogen and oxygen atoms in total. The number of thioether (sulfide) groups is 1. The molecule has 0 bridgehead atoms. The smallest absolute Gasteiger partial charge is 0.345 e. The van der Waals surface area contributed by atoms with Crippen LogP contribution in [0.3, 0.4) is 0 Å². The monoisotopic (exact) mass is 358 g/mol. The van der Waals surface area contributed by atoms with Crippen LogP contribution in [0, 0.1) is 0 Å². The molecule has 1 heterocycles. The SMILES string of the molecule is COc1ccc(Br)cc1CSc1csc(C(=O)O)c1. The van der Waals surface area contributed by atoms with Crippen LogP contribution in [-0.4, -0.2) is 18.2 Å². The molecule has 2 aromatic rings. The second-order valence-corrected chi connectivity index (χ2v) is 6.57. The van der Waals surface area contributed by atoms with Crippen LogP contribution in [0.1, 0.15) is 15.2 Å². The number of benzene rings is 1. The van der Waals surface area contributed by atoms with Crippen molar-refractivity contribution in [3.63, 3.8) is 0 Å². The van der Waals surface area contributed by atoms with E-state index in [1.54, 1.807) is 24.9 Å². The predicted octanol–water partition coefficient (Wildman–Crippen LogP) is 4.51. The van der Waals surface area contributed by atoms with Crippen LogP contribution in [0.2, 0.25) is 0 Å². The van der Waals surface area contributed by atoms with Crippen LogP contribution >= 0.6 is 39.0 Å². The highest BCUT2D eigenvalue weighted by atomic mass is 79.9. The van der Waals surface area contributed by atoms with Gasteiger partial charge in [0, 0.05) is 26.1 Å². The van der Waals surface area contributed by atoms with E-state index in [-0.39, 0.29) is 0 Å². The minimum Gasteiger partial charge on any atom is -0.496 e. The van der Waals surface area contributed by atoms with Gasteiger partial charge in [-0.3, -0.25) is 0 Å². The van der Waals surface area contributed by atoms with Gasteiger partial charge < -0.3 is 9.84 Å². The second-order valence-electron chi connectivity index (χ2n) is 3.70. The van der Waals surface area contributed by atoms with Crippen molar-refractivity contribution in [3.05, 3.63) is 44.6 Å². The Morgan fingerprint density at radius 2 is 2.26 bits per heavy atom. The summed E-state index contributed by atoms with van der Waals surface area (Å²) in [5.41, 5.74) is 1.07. The largest absolute Gasteiger partial charge is 0.496 e. The first kappa shape index (κ1) is 14.4. The summed E-state index contributed by atoms with van der Waals surface area (Å²) >= 11 is 6.28. The number of ether oxygens (including phenoxy) is 1. The first-order valence-corrected chi connectivity index (χ1v) is 8.03. The Hall–Kier alpha value is -0.980. The highest BCUT2D eigenvalue weighted by molar-refractivity contribution is 9.10. The maximum absolute atomic E-state index is 10.8. The number of hydrogen-bond donors (Lipinski definition) is 1. The van der Waals surface area contributed by atoms with Crippen molar-refractivity contribution < 1.29 is 14.6 Å². The van der Waals surface area contributed by atoms with Crippen molar-refractivity contribution in [2.75, 3.05) is 7.11 Å². The highest BCUT2D eigenvalue weighted by Crippen LogP contribution is 2.32. The van der Waals surface area contributed by atoms with Gasteiger partial charge in [0.15, 0.2) is 0 Å². The van der Waals surface area contributed by atoms with E-state index in [2.05, 4.69) is 15.9 Å². The highest BCUT2D eigenvalue weighted by Gasteiger charge is 2.09. The molecule has 0 fully saturated rings. The van der Waals surface area contributed by atoms with Crippen molar-refractivity contribution in [1.29, 1.82) is 0 Å². The van der Waals surface area contributed by atoms with Gasteiger partial charge in [0.2, 0.25) is 0 Å². The van der Waals surface area contributed by atoms with Gasteiger partial charge in [-0.05, 0) is 24.3 Å². The van der Waals surface area contributed by atoms with E-state index in [1.807, 2.05) is 23.6 Å². The maximum atomic E-state index is 10.8. The van der Waals surface area contributed by atoms with Gasteiger partial charge in [0.25, 0.3) is 0 Å². The lowest BCUT2D eigenvalue weighted by Crippen LogP contribution is -1.91. The Labute approximate surface area is 127 Å². The molecule has 1 aromatic carbocycles. The van der Waals surface area contributed by atoms with Crippen molar-refractivity contribution in [2.24, 2.45) is 0 Å². The molecule has 1 N–H and O–H groups in total. The number of halogens is 1. The van der Waals surface area contributed by atoms with Crippen LogP contribution in [-0.2, 0) is 5.75 Å². The minimum absolute atomic E-state index is 0.365. The average molecular weight is 359 g/mol. The standard InChI is InChI=1S/C13H11BrO3S2/c1-17-11-3-2-9(14)4-8(11)6-18-10-5-12(13(15)16)19-7-10/h2-5,7H,6H2,1H3,(H,15,16). The number of aromatic carboxylic acids is 1. The number of carboxylic acids is 1. The molecule has 0 saturated heterocycles. The molecular formula is C13H11BrO3S2. The predicted molar refractivity (Wildman–Crippen MR) is 81.5 cm³/mol. The Morgan fingerprint density at radius 1 is 1.47 bits per heavy atom. The molecule has 0 atom stereocenters. The molecule has 0 saturated carbocycles. The molecule has 19 heavy (non-hydrogen) atoms. The summed E-state index contributed by atoms with van der Waals surface area (Å²) in [5, 5.41) is 10.7. The average Bonchev–Trinajstić information content (AvgIpc) is 2.85. The fraction of sp³-hybridized carbons (Fsp3) is 0.154. The van der Waals surface area contributed by atoms with Crippen LogP contribution < -0.4 is 4.74 Å². The number of hydrogen-bond acceptors (Lipinski definition) is 4. The van der Waals surface area contributed by atoms with Crippen LogP contribution in [0.4, 0.5) is 0 Å². The summed E-state index contributed by atoms with van der Waals surface area (Å²) in [6.45, 7) is 0. The summed E-state index contributed by atoms with van der Waals surface area (Å²) in [6, 6.07) is 7.55. The lowest BCUT2D eigenvalue weighted by Gasteiger charge is -2.08. The third kappa shape index (κ3) is 3.75. The van der Waals surface area contributed by atoms with Crippen molar-refractivity contribution in [1.82, 2.24) is 0 Å². The fourth-order valence-corrected chi connectivity index (χ4v) is 3.78. The third-order valence-electron chi connectivity index (χ3n) is 2.42. The quantitative estimate of drug-likeness (QED) is 0.798. The summed E-state index contributed by atoms with van der Waals surface area (Å²) in [7, 11) is 1.64. The molecule has 6 heteroatoms. The molecule has 0 aliphatic carbocycles. The van der Waals surface area contributed by atoms with E-state index in [4.69, 9.17) is 9.84 Å². The summed E-state index contributed by atoms with van der Waals surface area (Å²) in [6.07, 6.45) is 0. The molecule has 1 aromatic heterocycles. The van der Waals surface area contributed by atoms with Gasteiger partial charge in [-0.25, -0.2) is 4.79 Å². The summed E-state index contributed by atoms with van der Waals surface area (Å²) in [5.74, 6) is 0.694. The first-order chi connectivity index (χ1) is 9.10. The van der Waals surface area contributed by atoms with Gasteiger partial charge in [-0.15, -0.1) is 23.1 Å². The molecule has 0 aliphatic heterocycles. The topological polar surface area (TPSA) is 46.5 Å². The Bertz CT molecular complexity index is 595. The molecule has 100 valence electrons. The zero-order valence-corrected chi connectivity index (χ0v) is 13.3. The van der Waals surface area contributed by atoms with Gasteiger partial charge in [-0.1, -0.05) is 15.9 Å². The Balaban J connectivity index is 2.09. The van der Waals surface area contributed by atoms with Gasteiger partial charge in [0.1, 0.15) is 10.6 Å². The fourth-order valence-electron chi connectivity index (χ4n) is 1.53. The number of carbonyl (C=O) groups is 1. The molecule has 2 rings (SSSR count). The summed E-state index contributed by atoms with van der Waals surface area (Å²) in [4.78, 5) is 12.1. The molecule has 0 amide bonds. The molecule has 0 unspecified atom stereocenters. The Morgan fingerprint density at radius 3 is 2.89 bits per heavy atom. The Kier molecular flexibility index (Phi) is 4.90. The van der Waals surface area contributed by atoms with Crippen molar-refractivity contribution >= 4 is 45.0 Å². The first-order valence-electron chi connectivity index (χ1n) is 5.37. The minimum atomic E-state index is -0.878. The van der Waals surface area contributed by atoms with E-state index in [1.165, 1.54) is 11.3 Å². The van der Waals surface area contributed by atoms with Crippen molar-refractivity contribution in [2.45, 2.75) is 10.6 Å². The van der Waals surface area contributed by atoms with E-state index < -0.39 is 5.97 Å². The van der Waals surface area contributed by atoms with E-state index >= 15 is 0 Å². The van der Waals surface area contributed by atoms with Crippen LogP contribution in [0.25, 0.3) is 0 Å². The molecule has 0 spiro atoms. The number of methoxy groups -OCH3 is 1. The lowest BCUT2D eigenvalue weighted by molar-refractivity contribution is 0.0702. The normalized spacial score (nSPS) is 10.4. The molecule has 0 radical (unpaired) electrons. The third-order valence-corrected chi connectivity index (χ3v) is 5.01. The number of thiophene rings is 1. The van der Waals surface area contributed by atoms with Gasteiger partial charge in [0.05, 0.1) is 7.11 Å². The van der Waals surface area contributed by atoms with E-state index in [9.17, 15) is 4.79 Å². The zero-order chi connectivity index (χ0) is 13.8. The van der Waals surface area contributed by atoms with Crippen LogP contribution in [0.5, 0.6) is 5.75 Å². The van der Waals surface area contributed by atoms with Crippen molar-refractivity contribution in [3.8, 4) is 5.75 Å².